The molecule has 0 aliphatic heterocycles. The van der Waals surface area contributed by atoms with Crippen LogP contribution in [0.2, 0.25) is 5.02 Å². The first-order valence-electron chi connectivity index (χ1n) is 6.32. The Balaban J connectivity index is 2.23. The van der Waals surface area contributed by atoms with Crippen molar-refractivity contribution >= 4 is 23.1 Å². The first-order chi connectivity index (χ1) is 9.10. The van der Waals surface area contributed by atoms with E-state index in [1.807, 2.05) is 0 Å². The number of anilines is 2. The summed E-state index contributed by atoms with van der Waals surface area (Å²) in [6.45, 7) is 5.73. The van der Waals surface area contributed by atoms with Gasteiger partial charge >= 0.3 is 0 Å². The number of nitrogens with two attached hydrogens (primary N) is 1. The Morgan fingerprint density at radius 2 is 1.84 bits per heavy atom. The van der Waals surface area contributed by atoms with Gasteiger partial charge in [0.25, 0.3) is 0 Å². The molecule has 3 nitrogen and oxygen atoms in total. The highest BCUT2D eigenvalue weighted by atomic mass is 35.5. The Morgan fingerprint density at radius 3 is 2.47 bits per heavy atom. The lowest BCUT2D eigenvalue weighted by molar-refractivity contribution is 0.811. The van der Waals surface area contributed by atoms with Gasteiger partial charge in [0.15, 0.2) is 0 Å². The summed E-state index contributed by atoms with van der Waals surface area (Å²) in [5.74, 6) is 0.499. The van der Waals surface area contributed by atoms with Gasteiger partial charge in [-0.25, -0.2) is 4.98 Å². The predicted molar refractivity (Wildman–Crippen MR) is 81.6 cm³/mol. The van der Waals surface area contributed by atoms with E-state index >= 15 is 0 Å². The highest BCUT2D eigenvalue weighted by Gasteiger charge is 2.09. The van der Waals surface area contributed by atoms with Crippen LogP contribution in [0.15, 0.2) is 36.4 Å². The zero-order chi connectivity index (χ0) is 13.8. The molecule has 19 heavy (non-hydrogen) atoms. The second-order valence-corrected chi connectivity index (χ2v) is 4.92. The van der Waals surface area contributed by atoms with E-state index in [1.165, 1.54) is 5.56 Å². The van der Waals surface area contributed by atoms with Gasteiger partial charge < -0.3 is 10.6 Å². The molecule has 0 spiro atoms. The normalized spacial score (nSPS) is 10.5. The Kier molecular flexibility index (Phi) is 4.27. The van der Waals surface area contributed by atoms with Gasteiger partial charge in [0.2, 0.25) is 0 Å². The van der Waals surface area contributed by atoms with Crippen LogP contribution >= 0.6 is 11.6 Å². The van der Waals surface area contributed by atoms with Gasteiger partial charge in [0.05, 0.1) is 17.3 Å². The minimum absolute atomic E-state index is 0.499. The fourth-order valence-corrected chi connectivity index (χ4v) is 2.10. The molecule has 0 unspecified atom stereocenters. The highest BCUT2D eigenvalue weighted by molar-refractivity contribution is 6.31. The van der Waals surface area contributed by atoms with Gasteiger partial charge in [-0.15, -0.1) is 0 Å². The molecule has 2 rings (SSSR count). The topological polar surface area (TPSA) is 42.2 Å². The number of nitrogen functional groups attached to an aromatic ring is 1. The quantitative estimate of drug-likeness (QED) is 0.926. The number of rotatable bonds is 4. The summed E-state index contributed by atoms with van der Waals surface area (Å²) in [6, 6.07) is 11.9. The Morgan fingerprint density at radius 1 is 1.16 bits per heavy atom. The summed E-state index contributed by atoms with van der Waals surface area (Å²) in [7, 11) is 0. The van der Waals surface area contributed by atoms with Crippen LogP contribution in [0.3, 0.4) is 0 Å². The molecular weight excluding hydrogens is 258 g/mol. The molecule has 100 valence electrons. The van der Waals surface area contributed by atoms with Gasteiger partial charge in [-0.1, -0.05) is 29.3 Å². The van der Waals surface area contributed by atoms with Crippen molar-refractivity contribution in [2.24, 2.45) is 0 Å². The summed E-state index contributed by atoms with van der Waals surface area (Å²) in [5, 5.41) is 0.653. The fraction of sp³-hybridized carbons (Fsp3) is 0.267. The number of hydrogen-bond donors (Lipinski definition) is 1. The van der Waals surface area contributed by atoms with Crippen LogP contribution in [0.5, 0.6) is 0 Å². The zero-order valence-corrected chi connectivity index (χ0v) is 12.0. The van der Waals surface area contributed by atoms with Crippen molar-refractivity contribution in [3.05, 3.63) is 52.7 Å². The van der Waals surface area contributed by atoms with Crippen LogP contribution in [0, 0.1) is 6.92 Å². The lowest BCUT2D eigenvalue weighted by Crippen LogP contribution is -2.23. The van der Waals surface area contributed by atoms with E-state index in [4.69, 9.17) is 17.3 Å². The average molecular weight is 276 g/mol. The minimum Gasteiger partial charge on any atom is -0.384 e. The van der Waals surface area contributed by atoms with E-state index in [1.54, 1.807) is 12.1 Å². The molecule has 4 heteroatoms. The first kappa shape index (κ1) is 13.7. The number of nitrogens with zero attached hydrogens (tertiary/aromatic N) is 2. The molecule has 0 aliphatic rings. The second-order valence-electron chi connectivity index (χ2n) is 4.51. The molecule has 1 heterocycles. The predicted octanol–water partition coefficient (Wildman–Crippen LogP) is 3.65. The highest BCUT2D eigenvalue weighted by Crippen LogP contribution is 2.21. The number of benzene rings is 1. The second kappa shape index (κ2) is 5.93. The van der Waals surface area contributed by atoms with E-state index in [2.05, 4.69) is 48.0 Å². The molecular formula is C15H18ClN3. The Bertz CT molecular complexity index is 552. The molecule has 0 radical (unpaired) electrons. The van der Waals surface area contributed by atoms with Crippen molar-refractivity contribution < 1.29 is 0 Å². The van der Waals surface area contributed by atoms with Crippen molar-refractivity contribution in [3.8, 4) is 0 Å². The van der Waals surface area contributed by atoms with E-state index in [-0.39, 0.29) is 0 Å². The number of pyridine rings is 1. The Hall–Kier alpha value is -1.74. The molecule has 0 fully saturated rings. The molecule has 2 aromatic rings. The summed E-state index contributed by atoms with van der Waals surface area (Å²) < 4.78 is 0. The van der Waals surface area contributed by atoms with Crippen LogP contribution in [0.1, 0.15) is 18.2 Å². The number of aryl methyl sites for hydroxylation is 1. The number of halogens is 1. The molecule has 0 bridgehead atoms. The van der Waals surface area contributed by atoms with Crippen LogP contribution in [-0.4, -0.2) is 11.5 Å². The molecule has 2 N–H and O–H groups in total. The van der Waals surface area contributed by atoms with Crippen molar-refractivity contribution in [1.29, 1.82) is 0 Å². The molecule has 0 aliphatic carbocycles. The van der Waals surface area contributed by atoms with E-state index < -0.39 is 0 Å². The van der Waals surface area contributed by atoms with Crippen LogP contribution in [-0.2, 0) is 6.54 Å². The maximum absolute atomic E-state index is 6.17. The molecule has 0 saturated carbocycles. The zero-order valence-electron chi connectivity index (χ0n) is 11.2. The van der Waals surface area contributed by atoms with Crippen molar-refractivity contribution in [3.63, 3.8) is 0 Å². The monoisotopic (exact) mass is 275 g/mol. The maximum atomic E-state index is 6.17. The first-order valence-corrected chi connectivity index (χ1v) is 6.70. The SMILES string of the molecule is CCN(Cc1nc(N)ccc1Cl)c1ccc(C)cc1. The maximum Gasteiger partial charge on any atom is 0.123 e. The summed E-state index contributed by atoms with van der Waals surface area (Å²) in [4.78, 5) is 6.52. The lowest BCUT2D eigenvalue weighted by atomic mass is 10.2. The summed E-state index contributed by atoms with van der Waals surface area (Å²) in [6.07, 6.45) is 0. The smallest absolute Gasteiger partial charge is 0.123 e. The summed E-state index contributed by atoms with van der Waals surface area (Å²) >= 11 is 6.17. The van der Waals surface area contributed by atoms with Crippen molar-refractivity contribution in [2.75, 3.05) is 17.2 Å². The number of hydrogen-bond acceptors (Lipinski definition) is 3. The van der Waals surface area contributed by atoms with Gasteiger partial charge in [-0.3, -0.25) is 0 Å². The summed E-state index contributed by atoms with van der Waals surface area (Å²) in [5.41, 5.74) is 8.93. The standard InChI is InChI=1S/C15H18ClN3/c1-3-19(12-6-4-11(2)5-7-12)10-14-13(16)8-9-15(17)18-14/h4-9H,3,10H2,1-2H3,(H2,17,18). The van der Waals surface area contributed by atoms with Crippen LogP contribution in [0.4, 0.5) is 11.5 Å². The number of aromatic nitrogens is 1. The van der Waals surface area contributed by atoms with E-state index in [0.717, 1.165) is 17.9 Å². The third kappa shape index (κ3) is 3.38. The van der Waals surface area contributed by atoms with Gasteiger partial charge in [-0.2, -0.15) is 0 Å². The van der Waals surface area contributed by atoms with Gasteiger partial charge in [0, 0.05) is 12.2 Å². The van der Waals surface area contributed by atoms with E-state index in [9.17, 15) is 0 Å². The molecule has 1 aromatic carbocycles. The van der Waals surface area contributed by atoms with Gasteiger partial charge in [0.1, 0.15) is 5.82 Å². The van der Waals surface area contributed by atoms with Gasteiger partial charge in [-0.05, 0) is 38.1 Å². The van der Waals surface area contributed by atoms with Crippen LogP contribution in [0.25, 0.3) is 0 Å². The van der Waals surface area contributed by atoms with Crippen molar-refractivity contribution in [2.45, 2.75) is 20.4 Å². The minimum atomic E-state index is 0.499. The molecule has 0 saturated heterocycles. The molecule has 0 atom stereocenters. The van der Waals surface area contributed by atoms with Crippen LogP contribution < -0.4 is 10.6 Å². The van der Waals surface area contributed by atoms with Crippen molar-refractivity contribution in [1.82, 2.24) is 4.98 Å². The molecule has 0 amide bonds. The van der Waals surface area contributed by atoms with E-state index in [0.29, 0.717) is 17.4 Å². The third-order valence-electron chi connectivity index (χ3n) is 3.06. The largest absolute Gasteiger partial charge is 0.384 e. The Labute approximate surface area is 119 Å². The third-order valence-corrected chi connectivity index (χ3v) is 3.41. The fourth-order valence-electron chi connectivity index (χ4n) is 1.93. The molecule has 1 aromatic heterocycles. The average Bonchev–Trinajstić information content (AvgIpc) is 2.41. The lowest BCUT2D eigenvalue weighted by Gasteiger charge is -2.23.